The Kier molecular flexibility index (Phi) is 3.50. The minimum absolute atomic E-state index is 0.0538. The Morgan fingerprint density at radius 2 is 2.16 bits per heavy atom. The van der Waals surface area contributed by atoms with Crippen LogP contribution in [-0.4, -0.2) is 29.1 Å². The van der Waals surface area contributed by atoms with Gasteiger partial charge in [0.2, 0.25) is 0 Å². The number of hydrogen-bond donors (Lipinski definition) is 1. The molecule has 0 fully saturated rings. The van der Waals surface area contributed by atoms with Crippen molar-refractivity contribution in [3.63, 3.8) is 0 Å². The topological polar surface area (TPSA) is 83.7 Å². The van der Waals surface area contributed by atoms with Crippen molar-refractivity contribution in [1.82, 2.24) is 0 Å². The van der Waals surface area contributed by atoms with Gasteiger partial charge in [-0.3, -0.25) is 10.1 Å². The molecule has 0 atom stereocenters. The molecule has 19 heavy (non-hydrogen) atoms. The minimum atomic E-state index is -1.16. The summed E-state index contributed by atoms with van der Waals surface area (Å²) in [5.74, 6) is -1.16. The standard InChI is InChI=1S/C13H14N2O4/c1-9-11(14-5-3-2-4-6-14)7-10(13(16)17)8-12(9)15(18)19/h2-3,7-8H,4-6H2,1H3,(H,16,17). The maximum atomic E-state index is 11.1. The van der Waals surface area contributed by atoms with Crippen LogP contribution in [0.3, 0.4) is 0 Å². The molecule has 100 valence electrons. The second kappa shape index (κ2) is 5.09. The summed E-state index contributed by atoms with van der Waals surface area (Å²) in [4.78, 5) is 23.5. The van der Waals surface area contributed by atoms with Gasteiger partial charge in [-0.2, -0.15) is 0 Å². The maximum absolute atomic E-state index is 11.1. The summed E-state index contributed by atoms with van der Waals surface area (Å²) >= 11 is 0. The first-order chi connectivity index (χ1) is 9.00. The SMILES string of the molecule is Cc1c(N2CC=CCC2)cc(C(=O)O)cc1[N+](=O)[O-]. The minimum Gasteiger partial charge on any atom is -0.478 e. The fraction of sp³-hybridized carbons (Fsp3) is 0.308. The first-order valence-corrected chi connectivity index (χ1v) is 5.93. The van der Waals surface area contributed by atoms with Gasteiger partial charge in [0.15, 0.2) is 0 Å². The van der Waals surface area contributed by atoms with Crippen LogP contribution in [0.25, 0.3) is 0 Å². The highest BCUT2D eigenvalue weighted by atomic mass is 16.6. The number of nitro benzene ring substituents is 1. The van der Waals surface area contributed by atoms with Crippen molar-refractivity contribution >= 4 is 17.3 Å². The van der Waals surface area contributed by atoms with Gasteiger partial charge in [0.1, 0.15) is 0 Å². The average Bonchev–Trinajstić information content (AvgIpc) is 2.39. The molecule has 0 spiro atoms. The van der Waals surface area contributed by atoms with E-state index in [2.05, 4.69) is 0 Å². The van der Waals surface area contributed by atoms with Gasteiger partial charge < -0.3 is 10.0 Å². The van der Waals surface area contributed by atoms with E-state index in [-0.39, 0.29) is 11.3 Å². The Balaban J connectivity index is 2.54. The highest BCUT2D eigenvalue weighted by molar-refractivity contribution is 5.90. The van der Waals surface area contributed by atoms with E-state index >= 15 is 0 Å². The molecule has 1 N–H and O–H groups in total. The predicted octanol–water partition coefficient (Wildman–Crippen LogP) is 2.37. The van der Waals surface area contributed by atoms with Crippen LogP contribution in [0.15, 0.2) is 24.3 Å². The van der Waals surface area contributed by atoms with Gasteiger partial charge in [-0.05, 0) is 19.4 Å². The Morgan fingerprint density at radius 3 is 2.68 bits per heavy atom. The summed E-state index contributed by atoms with van der Waals surface area (Å²) in [7, 11) is 0. The van der Waals surface area contributed by atoms with Crippen molar-refractivity contribution in [3.8, 4) is 0 Å². The Labute approximate surface area is 110 Å². The zero-order valence-corrected chi connectivity index (χ0v) is 10.5. The zero-order chi connectivity index (χ0) is 14.0. The van der Waals surface area contributed by atoms with Crippen LogP contribution in [0.5, 0.6) is 0 Å². The molecule has 6 heteroatoms. The Bertz CT molecular complexity index is 566. The molecule has 0 aromatic heterocycles. The number of carboxylic acids is 1. The van der Waals surface area contributed by atoms with Gasteiger partial charge in [0.05, 0.1) is 16.1 Å². The van der Waals surface area contributed by atoms with Gasteiger partial charge in [0.25, 0.3) is 5.69 Å². The number of carbonyl (C=O) groups is 1. The van der Waals surface area contributed by atoms with Crippen molar-refractivity contribution in [3.05, 3.63) is 45.5 Å². The van der Waals surface area contributed by atoms with Crippen LogP contribution < -0.4 is 4.90 Å². The summed E-state index contributed by atoms with van der Waals surface area (Å²) in [6.07, 6.45) is 4.87. The largest absolute Gasteiger partial charge is 0.478 e. The van der Waals surface area contributed by atoms with E-state index < -0.39 is 10.9 Å². The fourth-order valence-corrected chi connectivity index (χ4v) is 2.19. The van der Waals surface area contributed by atoms with E-state index in [0.29, 0.717) is 17.8 Å². The maximum Gasteiger partial charge on any atom is 0.336 e. The van der Waals surface area contributed by atoms with Crippen molar-refractivity contribution in [2.24, 2.45) is 0 Å². The van der Waals surface area contributed by atoms with Crippen LogP contribution in [-0.2, 0) is 0 Å². The van der Waals surface area contributed by atoms with Crippen molar-refractivity contribution in [1.29, 1.82) is 0 Å². The smallest absolute Gasteiger partial charge is 0.336 e. The number of benzene rings is 1. The number of anilines is 1. The van der Waals surface area contributed by atoms with Gasteiger partial charge >= 0.3 is 5.97 Å². The molecule has 1 aromatic rings. The van der Waals surface area contributed by atoms with E-state index in [1.165, 1.54) is 6.07 Å². The van der Waals surface area contributed by atoms with Gasteiger partial charge in [-0.1, -0.05) is 12.2 Å². The first-order valence-electron chi connectivity index (χ1n) is 5.93. The number of rotatable bonds is 3. The quantitative estimate of drug-likeness (QED) is 0.513. The Hall–Kier alpha value is -2.37. The molecule has 0 bridgehead atoms. The molecule has 2 rings (SSSR count). The van der Waals surface area contributed by atoms with E-state index in [1.54, 1.807) is 6.92 Å². The van der Waals surface area contributed by atoms with Crippen molar-refractivity contribution < 1.29 is 14.8 Å². The number of nitrogens with zero attached hydrogens (tertiary/aromatic N) is 2. The number of nitro groups is 1. The average molecular weight is 262 g/mol. The highest BCUT2D eigenvalue weighted by Crippen LogP contribution is 2.31. The number of carboxylic acid groups (broad SMARTS) is 1. The lowest BCUT2D eigenvalue weighted by atomic mass is 10.1. The van der Waals surface area contributed by atoms with Gasteiger partial charge in [-0.25, -0.2) is 4.79 Å². The van der Waals surface area contributed by atoms with Crippen LogP contribution >= 0.6 is 0 Å². The van der Waals surface area contributed by atoms with E-state index in [9.17, 15) is 14.9 Å². The van der Waals surface area contributed by atoms with E-state index in [0.717, 1.165) is 19.0 Å². The van der Waals surface area contributed by atoms with Crippen molar-refractivity contribution in [2.75, 3.05) is 18.0 Å². The molecule has 0 saturated heterocycles. The van der Waals surface area contributed by atoms with Gasteiger partial charge in [-0.15, -0.1) is 0 Å². The number of aromatic carboxylic acids is 1. The molecule has 1 aliphatic heterocycles. The molecular weight excluding hydrogens is 248 g/mol. The molecule has 0 amide bonds. The van der Waals surface area contributed by atoms with Crippen molar-refractivity contribution in [2.45, 2.75) is 13.3 Å². The van der Waals surface area contributed by atoms with E-state index in [1.807, 2.05) is 17.1 Å². The zero-order valence-electron chi connectivity index (χ0n) is 10.5. The first kappa shape index (κ1) is 13.1. The monoisotopic (exact) mass is 262 g/mol. The van der Waals surface area contributed by atoms with Crippen LogP contribution in [0.2, 0.25) is 0 Å². The fourth-order valence-electron chi connectivity index (χ4n) is 2.19. The highest BCUT2D eigenvalue weighted by Gasteiger charge is 2.22. The van der Waals surface area contributed by atoms with E-state index in [4.69, 9.17) is 5.11 Å². The summed E-state index contributed by atoms with van der Waals surface area (Å²) in [6.45, 7) is 3.02. The van der Waals surface area contributed by atoms with Crippen LogP contribution in [0.1, 0.15) is 22.3 Å². The Morgan fingerprint density at radius 1 is 1.42 bits per heavy atom. The molecule has 6 nitrogen and oxygen atoms in total. The lowest BCUT2D eigenvalue weighted by molar-refractivity contribution is -0.385. The molecule has 1 heterocycles. The lowest BCUT2D eigenvalue weighted by Gasteiger charge is -2.27. The summed E-state index contributed by atoms with van der Waals surface area (Å²) in [6, 6.07) is 2.62. The number of hydrogen-bond acceptors (Lipinski definition) is 4. The third-order valence-corrected chi connectivity index (χ3v) is 3.20. The second-order valence-electron chi connectivity index (χ2n) is 4.41. The molecule has 1 aliphatic rings. The molecule has 0 radical (unpaired) electrons. The summed E-state index contributed by atoms with van der Waals surface area (Å²) in [5.41, 5.74) is 0.924. The molecule has 0 saturated carbocycles. The van der Waals surface area contributed by atoms with Crippen LogP contribution in [0, 0.1) is 17.0 Å². The predicted molar refractivity (Wildman–Crippen MR) is 70.8 cm³/mol. The molecule has 0 unspecified atom stereocenters. The molecular formula is C13H14N2O4. The lowest BCUT2D eigenvalue weighted by Crippen LogP contribution is -2.27. The summed E-state index contributed by atoms with van der Waals surface area (Å²) < 4.78 is 0. The third kappa shape index (κ3) is 2.57. The molecule has 0 aliphatic carbocycles. The summed E-state index contributed by atoms with van der Waals surface area (Å²) in [5, 5.41) is 20.1. The normalized spacial score (nSPS) is 14.5. The van der Waals surface area contributed by atoms with Gasteiger partial charge in [0, 0.05) is 24.8 Å². The van der Waals surface area contributed by atoms with Crippen LogP contribution in [0.4, 0.5) is 11.4 Å². The second-order valence-corrected chi connectivity index (χ2v) is 4.41. The third-order valence-electron chi connectivity index (χ3n) is 3.20. The molecule has 1 aromatic carbocycles.